The van der Waals surface area contributed by atoms with Crippen LogP contribution in [0, 0.1) is 0 Å². The maximum atomic E-state index is 11.3. The number of hydrogen-bond donors (Lipinski definition) is 2. The van der Waals surface area contributed by atoms with Gasteiger partial charge in [0.2, 0.25) is 5.91 Å². The molecule has 1 rings (SSSR count). The summed E-state index contributed by atoms with van der Waals surface area (Å²) in [6.07, 6.45) is 0.684. The number of nitrogens with zero attached hydrogens (tertiary/aromatic N) is 1. The second-order valence-corrected chi connectivity index (χ2v) is 3.76. The molecule has 1 aliphatic heterocycles. The highest BCUT2D eigenvalue weighted by Crippen LogP contribution is 1.94. The maximum absolute atomic E-state index is 11.3. The van der Waals surface area contributed by atoms with Gasteiger partial charge in [0.1, 0.15) is 0 Å². The van der Waals surface area contributed by atoms with Crippen molar-refractivity contribution >= 4 is 30.7 Å². The normalized spacial score (nSPS) is 17.5. The van der Waals surface area contributed by atoms with Crippen molar-refractivity contribution in [1.29, 1.82) is 0 Å². The maximum Gasteiger partial charge on any atom is 0.236 e. The fraction of sp³-hybridized carbons (Fsp3) is 0.900. The van der Waals surface area contributed by atoms with Crippen LogP contribution in [-0.2, 0) is 9.53 Å². The number of halogens is 2. The summed E-state index contributed by atoms with van der Waals surface area (Å²) in [6, 6.07) is -0.366. The highest BCUT2D eigenvalue weighted by molar-refractivity contribution is 5.85. The molecule has 3 N–H and O–H groups in total. The first-order chi connectivity index (χ1) is 7.24. The SMILES string of the molecule is CC[C@H](N)C(=O)NCCN1CCOCC1.Cl.Cl. The molecule has 7 heteroatoms. The number of rotatable bonds is 5. The van der Waals surface area contributed by atoms with E-state index in [1.54, 1.807) is 0 Å². The van der Waals surface area contributed by atoms with E-state index < -0.39 is 0 Å². The minimum Gasteiger partial charge on any atom is -0.379 e. The number of amides is 1. The molecule has 0 aromatic heterocycles. The van der Waals surface area contributed by atoms with Crippen LogP contribution >= 0.6 is 24.8 Å². The van der Waals surface area contributed by atoms with E-state index in [2.05, 4.69) is 10.2 Å². The molecule has 1 amide bonds. The number of ether oxygens (including phenoxy) is 1. The second-order valence-electron chi connectivity index (χ2n) is 3.76. The molecule has 0 aromatic rings. The predicted molar refractivity (Wildman–Crippen MR) is 73.0 cm³/mol. The van der Waals surface area contributed by atoms with Gasteiger partial charge in [-0.25, -0.2) is 0 Å². The molecular formula is C10H23Cl2N3O2. The third-order valence-electron chi connectivity index (χ3n) is 2.61. The topological polar surface area (TPSA) is 67.6 Å². The molecule has 0 aromatic carbocycles. The average Bonchev–Trinajstić information content (AvgIpc) is 2.29. The molecule has 1 aliphatic rings. The molecule has 1 atom stereocenters. The Bertz CT molecular complexity index is 202. The smallest absolute Gasteiger partial charge is 0.236 e. The molecule has 0 aliphatic carbocycles. The second kappa shape index (κ2) is 11.0. The Hall–Kier alpha value is -0.0700. The van der Waals surface area contributed by atoms with Crippen molar-refractivity contribution in [3.8, 4) is 0 Å². The van der Waals surface area contributed by atoms with Crippen LogP contribution in [0.1, 0.15) is 13.3 Å². The van der Waals surface area contributed by atoms with Gasteiger partial charge in [0.05, 0.1) is 19.3 Å². The van der Waals surface area contributed by atoms with Crippen LogP contribution in [-0.4, -0.2) is 56.2 Å². The number of carbonyl (C=O) groups excluding carboxylic acids is 1. The lowest BCUT2D eigenvalue weighted by molar-refractivity contribution is -0.122. The monoisotopic (exact) mass is 287 g/mol. The summed E-state index contributed by atoms with van der Waals surface area (Å²) in [4.78, 5) is 13.6. The highest BCUT2D eigenvalue weighted by Gasteiger charge is 2.12. The molecule has 1 fully saturated rings. The fourth-order valence-electron chi connectivity index (χ4n) is 1.48. The summed E-state index contributed by atoms with van der Waals surface area (Å²) < 4.78 is 5.23. The average molecular weight is 288 g/mol. The van der Waals surface area contributed by atoms with Gasteiger partial charge in [-0.1, -0.05) is 6.92 Å². The number of hydrogen-bond acceptors (Lipinski definition) is 4. The molecule has 1 heterocycles. The molecule has 0 bridgehead atoms. The molecule has 17 heavy (non-hydrogen) atoms. The zero-order valence-electron chi connectivity index (χ0n) is 10.2. The van der Waals surface area contributed by atoms with Crippen LogP contribution in [0.25, 0.3) is 0 Å². The van der Waals surface area contributed by atoms with Gasteiger partial charge in [-0.15, -0.1) is 24.8 Å². The highest BCUT2D eigenvalue weighted by atomic mass is 35.5. The van der Waals surface area contributed by atoms with Crippen LogP contribution in [0.4, 0.5) is 0 Å². The van der Waals surface area contributed by atoms with Crippen molar-refractivity contribution in [2.45, 2.75) is 19.4 Å². The fourth-order valence-corrected chi connectivity index (χ4v) is 1.48. The zero-order chi connectivity index (χ0) is 11.1. The minimum absolute atomic E-state index is 0. The van der Waals surface area contributed by atoms with E-state index in [1.807, 2.05) is 6.92 Å². The van der Waals surface area contributed by atoms with Crippen molar-refractivity contribution < 1.29 is 9.53 Å². The van der Waals surface area contributed by atoms with Crippen molar-refractivity contribution in [3.05, 3.63) is 0 Å². The van der Waals surface area contributed by atoms with Crippen molar-refractivity contribution in [2.75, 3.05) is 39.4 Å². The first kappa shape index (κ1) is 19.3. The largest absolute Gasteiger partial charge is 0.379 e. The molecule has 0 radical (unpaired) electrons. The molecule has 5 nitrogen and oxygen atoms in total. The third kappa shape index (κ3) is 7.78. The zero-order valence-corrected chi connectivity index (χ0v) is 11.8. The Morgan fingerprint density at radius 3 is 2.53 bits per heavy atom. The Morgan fingerprint density at radius 2 is 2.00 bits per heavy atom. The van der Waals surface area contributed by atoms with E-state index in [0.29, 0.717) is 13.0 Å². The quantitative estimate of drug-likeness (QED) is 0.748. The molecule has 1 saturated heterocycles. The summed E-state index contributed by atoms with van der Waals surface area (Å²) in [6.45, 7) is 6.96. The standard InChI is InChI=1S/C10H21N3O2.2ClH/c1-2-9(11)10(14)12-3-4-13-5-7-15-8-6-13;;/h9H,2-8,11H2,1H3,(H,12,14);2*1H/t9-;;/m0../s1. The molecule has 0 unspecified atom stereocenters. The van der Waals surface area contributed by atoms with Crippen molar-refractivity contribution in [3.63, 3.8) is 0 Å². The number of nitrogens with one attached hydrogen (secondary N) is 1. The van der Waals surface area contributed by atoms with Crippen molar-refractivity contribution in [2.24, 2.45) is 5.73 Å². The summed E-state index contributed by atoms with van der Waals surface area (Å²) in [5.74, 6) is -0.0502. The summed E-state index contributed by atoms with van der Waals surface area (Å²) in [5.41, 5.74) is 5.59. The van der Waals surface area contributed by atoms with E-state index in [9.17, 15) is 4.79 Å². The van der Waals surface area contributed by atoms with Gasteiger partial charge in [0.15, 0.2) is 0 Å². The first-order valence-corrected chi connectivity index (χ1v) is 5.57. The van der Waals surface area contributed by atoms with E-state index in [-0.39, 0.29) is 36.8 Å². The van der Waals surface area contributed by atoms with Gasteiger partial charge in [0.25, 0.3) is 0 Å². The van der Waals surface area contributed by atoms with E-state index >= 15 is 0 Å². The number of morpholine rings is 1. The van der Waals surface area contributed by atoms with Gasteiger partial charge in [-0.2, -0.15) is 0 Å². The van der Waals surface area contributed by atoms with Crippen LogP contribution in [0.3, 0.4) is 0 Å². The summed E-state index contributed by atoms with van der Waals surface area (Å²) in [7, 11) is 0. The lowest BCUT2D eigenvalue weighted by Crippen LogP contribution is -2.45. The van der Waals surface area contributed by atoms with Gasteiger partial charge < -0.3 is 15.8 Å². The number of carbonyl (C=O) groups is 1. The van der Waals surface area contributed by atoms with Gasteiger partial charge in [-0.3, -0.25) is 9.69 Å². The third-order valence-corrected chi connectivity index (χ3v) is 2.61. The lowest BCUT2D eigenvalue weighted by atomic mass is 10.2. The molecule has 0 saturated carbocycles. The predicted octanol–water partition coefficient (Wildman–Crippen LogP) is 0.0157. The molecular weight excluding hydrogens is 265 g/mol. The number of nitrogens with two attached hydrogens (primary N) is 1. The van der Waals surface area contributed by atoms with Crippen LogP contribution in [0.15, 0.2) is 0 Å². The van der Waals surface area contributed by atoms with Crippen molar-refractivity contribution in [1.82, 2.24) is 10.2 Å². The van der Waals surface area contributed by atoms with Crippen LogP contribution < -0.4 is 11.1 Å². The Labute approximate surface area is 115 Å². The Balaban J connectivity index is 0. The van der Waals surface area contributed by atoms with Crippen LogP contribution in [0.2, 0.25) is 0 Å². The van der Waals surface area contributed by atoms with E-state index in [4.69, 9.17) is 10.5 Å². The Morgan fingerprint density at radius 1 is 1.41 bits per heavy atom. The first-order valence-electron chi connectivity index (χ1n) is 5.57. The summed E-state index contributed by atoms with van der Waals surface area (Å²) in [5, 5.41) is 2.83. The summed E-state index contributed by atoms with van der Waals surface area (Å²) >= 11 is 0. The van der Waals surface area contributed by atoms with Crippen LogP contribution in [0.5, 0.6) is 0 Å². The Kier molecular flexibility index (Phi) is 12.5. The molecule has 104 valence electrons. The lowest BCUT2D eigenvalue weighted by Gasteiger charge is -2.26. The van der Waals surface area contributed by atoms with E-state index in [0.717, 1.165) is 32.8 Å². The molecule has 0 spiro atoms. The van der Waals surface area contributed by atoms with Gasteiger partial charge >= 0.3 is 0 Å². The minimum atomic E-state index is -0.366. The van der Waals surface area contributed by atoms with Gasteiger partial charge in [-0.05, 0) is 6.42 Å². The van der Waals surface area contributed by atoms with Gasteiger partial charge in [0, 0.05) is 26.2 Å². The van der Waals surface area contributed by atoms with E-state index in [1.165, 1.54) is 0 Å².